The zero-order valence-electron chi connectivity index (χ0n) is 10.6. The molecule has 0 spiro atoms. The van der Waals surface area contributed by atoms with Crippen LogP contribution in [0.2, 0.25) is 0 Å². The van der Waals surface area contributed by atoms with Crippen LogP contribution in [0.25, 0.3) is 11.3 Å². The van der Waals surface area contributed by atoms with Crippen molar-refractivity contribution in [3.63, 3.8) is 0 Å². The van der Waals surface area contributed by atoms with Crippen molar-refractivity contribution in [2.75, 3.05) is 5.73 Å². The molecule has 2 N–H and O–H groups in total. The number of nitrogens with zero attached hydrogens (tertiary/aromatic N) is 1. The van der Waals surface area contributed by atoms with E-state index in [0.717, 1.165) is 34.1 Å². The minimum Gasteiger partial charge on any atom is -0.389 e. The topological polar surface area (TPSA) is 38.9 Å². The van der Waals surface area contributed by atoms with Gasteiger partial charge in [-0.2, -0.15) is 0 Å². The highest BCUT2D eigenvalue weighted by molar-refractivity contribution is 7.16. The molecule has 0 bridgehead atoms. The molecule has 0 saturated carbocycles. The summed E-state index contributed by atoms with van der Waals surface area (Å²) in [7, 11) is 0. The van der Waals surface area contributed by atoms with Crippen LogP contribution in [-0.2, 0) is 6.42 Å². The number of aromatic nitrogens is 1. The Hall–Kier alpha value is -1.35. The van der Waals surface area contributed by atoms with E-state index in [-0.39, 0.29) is 0 Å². The van der Waals surface area contributed by atoms with Crippen molar-refractivity contribution < 1.29 is 0 Å². The van der Waals surface area contributed by atoms with Gasteiger partial charge in [0.25, 0.3) is 0 Å². The molecule has 0 saturated heterocycles. The second-order valence-electron chi connectivity index (χ2n) is 4.37. The summed E-state index contributed by atoms with van der Waals surface area (Å²) in [5.74, 6) is 0. The van der Waals surface area contributed by atoms with Gasteiger partial charge in [0.15, 0.2) is 0 Å². The Balaban J connectivity index is 2.41. The van der Waals surface area contributed by atoms with E-state index in [1.165, 1.54) is 11.1 Å². The molecule has 17 heavy (non-hydrogen) atoms. The molecular weight excluding hydrogens is 228 g/mol. The molecule has 0 aliphatic carbocycles. The summed E-state index contributed by atoms with van der Waals surface area (Å²) in [6.07, 6.45) is 2.12. The first-order valence-electron chi connectivity index (χ1n) is 5.94. The zero-order valence-corrected chi connectivity index (χ0v) is 11.4. The van der Waals surface area contributed by atoms with Gasteiger partial charge in [0, 0.05) is 5.56 Å². The smallest absolute Gasteiger partial charge is 0.114 e. The Morgan fingerprint density at radius 3 is 2.65 bits per heavy atom. The number of benzene rings is 1. The van der Waals surface area contributed by atoms with Gasteiger partial charge in [-0.25, -0.2) is 4.98 Å². The molecule has 2 aromatic rings. The van der Waals surface area contributed by atoms with Crippen LogP contribution in [-0.4, -0.2) is 4.98 Å². The van der Waals surface area contributed by atoms with Crippen molar-refractivity contribution in [2.24, 2.45) is 0 Å². The lowest BCUT2D eigenvalue weighted by molar-refractivity contribution is 0.910. The van der Waals surface area contributed by atoms with E-state index in [1.54, 1.807) is 11.3 Å². The normalized spacial score (nSPS) is 10.8. The van der Waals surface area contributed by atoms with E-state index < -0.39 is 0 Å². The first-order valence-corrected chi connectivity index (χ1v) is 6.76. The van der Waals surface area contributed by atoms with Gasteiger partial charge in [0.1, 0.15) is 10.7 Å². The second-order valence-corrected chi connectivity index (χ2v) is 5.48. The minimum atomic E-state index is 0.830. The maximum atomic E-state index is 6.05. The molecule has 90 valence electrons. The molecule has 0 aliphatic rings. The highest BCUT2D eigenvalue weighted by Gasteiger charge is 2.10. The Morgan fingerprint density at radius 2 is 2.00 bits per heavy atom. The zero-order chi connectivity index (χ0) is 12.4. The van der Waals surface area contributed by atoms with Crippen LogP contribution in [0.4, 0.5) is 5.00 Å². The van der Waals surface area contributed by atoms with E-state index >= 15 is 0 Å². The number of nitrogen functional groups attached to an aromatic ring is 1. The van der Waals surface area contributed by atoms with Crippen molar-refractivity contribution in [2.45, 2.75) is 33.6 Å². The number of rotatable bonds is 3. The highest BCUT2D eigenvalue weighted by Crippen LogP contribution is 2.31. The quantitative estimate of drug-likeness (QED) is 0.890. The van der Waals surface area contributed by atoms with Gasteiger partial charge in [-0.1, -0.05) is 19.1 Å². The van der Waals surface area contributed by atoms with E-state index in [9.17, 15) is 0 Å². The number of aryl methyl sites for hydroxylation is 3. The van der Waals surface area contributed by atoms with E-state index in [2.05, 4.69) is 44.0 Å². The van der Waals surface area contributed by atoms with E-state index in [1.807, 2.05) is 0 Å². The van der Waals surface area contributed by atoms with Crippen molar-refractivity contribution in [3.05, 3.63) is 34.3 Å². The molecule has 2 rings (SSSR count). The molecule has 1 aromatic heterocycles. The molecule has 0 radical (unpaired) electrons. The molecular formula is C14H18N2S. The fourth-order valence-corrected chi connectivity index (χ4v) is 2.75. The Labute approximate surface area is 107 Å². The van der Waals surface area contributed by atoms with Crippen LogP contribution < -0.4 is 5.73 Å². The van der Waals surface area contributed by atoms with Gasteiger partial charge in [-0.05, 0) is 43.9 Å². The van der Waals surface area contributed by atoms with Gasteiger partial charge in [0.05, 0.1) is 5.01 Å². The largest absolute Gasteiger partial charge is 0.389 e. The second kappa shape index (κ2) is 4.88. The Morgan fingerprint density at radius 1 is 1.24 bits per heavy atom. The number of thiazole rings is 1. The predicted octanol–water partition coefficient (Wildman–Crippen LogP) is 3.96. The van der Waals surface area contributed by atoms with Gasteiger partial charge < -0.3 is 5.73 Å². The monoisotopic (exact) mass is 246 g/mol. The summed E-state index contributed by atoms with van der Waals surface area (Å²) in [6.45, 7) is 6.40. The van der Waals surface area contributed by atoms with Crippen molar-refractivity contribution in [3.8, 4) is 11.3 Å². The van der Waals surface area contributed by atoms with Crippen molar-refractivity contribution >= 4 is 16.3 Å². The van der Waals surface area contributed by atoms with Crippen LogP contribution in [0.5, 0.6) is 0 Å². The number of nitrogens with two attached hydrogens (primary N) is 1. The van der Waals surface area contributed by atoms with E-state index in [0.29, 0.717) is 0 Å². The molecule has 1 heterocycles. The Bertz CT molecular complexity index is 529. The standard InChI is InChI=1S/C14H18N2S/c1-4-5-12-16-13(14(15)17-12)11-7-6-9(2)10(3)8-11/h6-8H,4-5,15H2,1-3H3. The third-order valence-corrected chi connectivity index (χ3v) is 3.89. The fourth-order valence-electron chi connectivity index (χ4n) is 1.79. The SMILES string of the molecule is CCCc1nc(-c2ccc(C)c(C)c2)c(N)s1. The maximum Gasteiger partial charge on any atom is 0.114 e. The fraction of sp³-hybridized carbons (Fsp3) is 0.357. The molecule has 0 fully saturated rings. The van der Waals surface area contributed by atoms with Crippen LogP contribution in [0, 0.1) is 13.8 Å². The number of hydrogen-bond donors (Lipinski definition) is 1. The van der Waals surface area contributed by atoms with Crippen molar-refractivity contribution in [1.29, 1.82) is 0 Å². The number of hydrogen-bond acceptors (Lipinski definition) is 3. The molecule has 0 unspecified atom stereocenters. The molecule has 1 aromatic carbocycles. The number of anilines is 1. The lowest BCUT2D eigenvalue weighted by Crippen LogP contribution is -1.88. The Kier molecular flexibility index (Phi) is 3.48. The summed E-state index contributed by atoms with van der Waals surface area (Å²) in [5.41, 5.74) is 10.7. The summed E-state index contributed by atoms with van der Waals surface area (Å²) >= 11 is 1.61. The highest BCUT2D eigenvalue weighted by atomic mass is 32.1. The lowest BCUT2D eigenvalue weighted by atomic mass is 10.0. The third kappa shape index (κ3) is 2.50. The van der Waals surface area contributed by atoms with Crippen LogP contribution in [0.3, 0.4) is 0 Å². The van der Waals surface area contributed by atoms with Crippen LogP contribution >= 0.6 is 11.3 Å². The summed E-state index contributed by atoms with van der Waals surface area (Å²) in [5, 5.41) is 1.97. The first kappa shape index (κ1) is 12.1. The average molecular weight is 246 g/mol. The molecule has 3 heteroatoms. The molecule has 0 atom stereocenters. The molecule has 2 nitrogen and oxygen atoms in total. The van der Waals surface area contributed by atoms with Crippen LogP contribution in [0.15, 0.2) is 18.2 Å². The predicted molar refractivity (Wildman–Crippen MR) is 75.4 cm³/mol. The van der Waals surface area contributed by atoms with Gasteiger partial charge in [0.2, 0.25) is 0 Å². The average Bonchev–Trinajstić information content (AvgIpc) is 2.64. The van der Waals surface area contributed by atoms with Gasteiger partial charge >= 0.3 is 0 Å². The van der Waals surface area contributed by atoms with Gasteiger partial charge in [-0.15, -0.1) is 11.3 Å². The van der Waals surface area contributed by atoms with Gasteiger partial charge in [-0.3, -0.25) is 0 Å². The van der Waals surface area contributed by atoms with Crippen molar-refractivity contribution in [1.82, 2.24) is 4.98 Å². The summed E-state index contributed by atoms with van der Waals surface area (Å²) in [6, 6.07) is 6.39. The molecule has 0 amide bonds. The third-order valence-electron chi connectivity index (χ3n) is 2.94. The summed E-state index contributed by atoms with van der Waals surface area (Å²) in [4.78, 5) is 4.63. The first-order chi connectivity index (χ1) is 8.11. The molecule has 0 aliphatic heterocycles. The summed E-state index contributed by atoms with van der Waals surface area (Å²) < 4.78 is 0. The van der Waals surface area contributed by atoms with E-state index in [4.69, 9.17) is 5.73 Å². The minimum absolute atomic E-state index is 0.830. The van der Waals surface area contributed by atoms with Crippen LogP contribution in [0.1, 0.15) is 29.5 Å². The lowest BCUT2D eigenvalue weighted by Gasteiger charge is -2.03. The maximum absolute atomic E-state index is 6.05.